The van der Waals surface area contributed by atoms with Gasteiger partial charge in [0.2, 0.25) is 0 Å². The minimum atomic E-state index is -3.91. The second kappa shape index (κ2) is 4.94. The van der Waals surface area contributed by atoms with Gasteiger partial charge < -0.3 is 0 Å². The van der Waals surface area contributed by atoms with E-state index in [2.05, 4.69) is 11.8 Å². The highest BCUT2D eigenvalue weighted by Crippen LogP contribution is 1.81. The van der Waals surface area contributed by atoms with Gasteiger partial charge in [-0.25, -0.2) is 0 Å². The lowest BCUT2D eigenvalue weighted by Gasteiger charge is -1.82. The van der Waals surface area contributed by atoms with Crippen molar-refractivity contribution in [3.63, 3.8) is 0 Å². The summed E-state index contributed by atoms with van der Waals surface area (Å²) >= 11 is 0. The fourth-order valence-electron chi connectivity index (χ4n) is 0.391. The Balaban J connectivity index is 3.75. The molecule has 0 fully saturated rings. The zero-order valence-electron chi connectivity index (χ0n) is 6.24. The van der Waals surface area contributed by atoms with Crippen molar-refractivity contribution in [1.82, 2.24) is 0 Å². The van der Waals surface area contributed by atoms with Gasteiger partial charge in [-0.2, -0.15) is 8.42 Å². The van der Waals surface area contributed by atoms with Crippen molar-refractivity contribution in [2.24, 2.45) is 0 Å². The zero-order valence-corrected chi connectivity index (χ0v) is 7.06. The number of rotatable bonds is 2. The van der Waals surface area contributed by atoms with Crippen molar-refractivity contribution in [3.8, 4) is 11.8 Å². The van der Waals surface area contributed by atoms with Crippen LogP contribution in [0.2, 0.25) is 0 Å². The van der Waals surface area contributed by atoms with E-state index in [-0.39, 0.29) is 0 Å². The molecular formula is C7H10O3S. The van der Waals surface area contributed by atoms with Crippen LogP contribution >= 0.6 is 0 Å². The first-order valence-corrected chi connectivity index (χ1v) is 4.69. The topological polar surface area (TPSA) is 54.4 Å². The normalized spacial score (nSPS) is 11.1. The number of allylic oxidation sites excluding steroid dienone is 2. The Morgan fingerprint density at radius 2 is 2.09 bits per heavy atom. The molecule has 0 saturated heterocycles. The Labute approximate surface area is 66.9 Å². The molecule has 0 heterocycles. The summed E-state index contributed by atoms with van der Waals surface area (Å²) in [4.78, 5) is 0. The minimum absolute atomic E-state index is 0.482. The van der Waals surface area contributed by atoms with Crippen LogP contribution in [0, 0.1) is 11.8 Å². The van der Waals surface area contributed by atoms with E-state index in [1.54, 1.807) is 6.08 Å². The molecule has 0 aliphatic heterocycles. The molecule has 0 aromatic heterocycles. The van der Waals surface area contributed by atoms with Gasteiger partial charge in [0.15, 0.2) is 0 Å². The van der Waals surface area contributed by atoms with Gasteiger partial charge in [0, 0.05) is 6.42 Å². The molecular weight excluding hydrogens is 164 g/mol. The number of hydrogen-bond donors (Lipinski definition) is 1. The van der Waals surface area contributed by atoms with Crippen LogP contribution in [-0.4, -0.2) is 18.7 Å². The summed E-state index contributed by atoms with van der Waals surface area (Å²) in [5.74, 6) is 4.41. The molecule has 11 heavy (non-hydrogen) atoms. The fourth-order valence-corrected chi connectivity index (χ4v) is 0.676. The van der Waals surface area contributed by atoms with Gasteiger partial charge in [-0.1, -0.05) is 24.0 Å². The summed E-state index contributed by atoms with van der Waals surface area (Å²) in [5.41, 5.74) is 0. The summed E-state index contributed by atoms with van der Waals surface area (Å²) in [6.45, 7) is 1.85. The first-order valence-electron chi connectivity index (χ1n) is 3.08. The molecule has 0 aromatic rings. The lowest BCUT2D eigenvalue weighted by Crippen LogP contribution is -2.00. The van der Waals surface area contributed by atoms with E-state index >= 15 is 0 Å². The van der Waals surface area contributed by atoms with Gasteiger partial charge in [-0.15, -0.1) is 0 Å². The minimum Gasteiger partial charge on any atom is -0.285 e. The predicted molar refractivity (Wildman–Crippen MR) is 43.6 cm³/mol. The summed E-state index contributed by atoms with van der Waals surface area (Å²) < 4.78 is 28.4. The third-order valence-corrected chi connectivity index (χ3v) is 1.34. The molecule has 62 valence electrons. The van der Waals surface area contributed by atoms with E-state index in [4.69, 9.17) is 4.55 Å². The van der Waals surface area contributed by atoms with Gasteiger partial charge >= 0.3 is 0 Å². The SMILES string of the molecule is CC=CCC#CCS(=O)(=O)O. The Morgan fingerprint density at radius 3 is 2.55 bits per heavy atom. The standard InChI is InChI=1S/C7H10O3S/c1-2-3-4-5-6-7-11(8,9)10/h2-3H,4,7H2,1H3,(H,8,9,10). The molecule has 0 radical (unpaired) electrons. The lowest BCUT2D eigenvalue weighted by molar-refractivity contribution is 0.487. The lowest BCUT2D eigenvalue weighted by atomic mass is 10.4. The Kier molecular flexibility index (Phi) is 4.59. The molecule has 0 rings (SSSR count). The molecule has 0 saturated carbocycles. The Bertz CT molecular complexity index is 277. The predicted octanol–water partition coefficient (Wildman–Crippen LogP) is 0.844. The third kappa shape index (κ3) is 9.21. The highest BCUT2D eigenvalue weighted by molar-refractivity contribution is 7.86. The van der Waals surface area contributed by atoms with Crippen molar-refractivity contribution < 1.29 is 13.0 Å². The highest BCUT2D eigenvalue weighted by atomic mass is 32.2. The maximum absolute atomic E-state index is 10.1. The van der Waals surface area contributed by atoms with Crippen LogP contribution in [0.5, 0.6) is 0 Å². The van der Waals surface area contributed by atoms with E-state index in [9.17, 15) is 8.42 Å². The highest BCUT2D eigenvalue weighted by Gasteiger charge is 1.97. The van der Waals surface area contributed by atoms with E-state index < -0.39 is 15.9 Å². The Morgan fingerprint density at radius 1 is 1.45 bits per heavy atom. The van der Waals surface area contributed by atoms with Crippen LogP contribution in [0.4, 0.5) is 0 Å². The van der Waals surface area contributed by atoms with Crippen LogP contribution in [0.25, 0.3) is 0 Å². The van der Waals surface area contributed by atoms with Crippen molar-refractivity contribution in [1.29, 1.82) is 0 Å². The summed E-state index contributed by atoms with van der Waals surface area (Å²) in [7, 11) is -3.91. The molecule has 4 heteroatoms. The quantitative estimate of drug-likeness (QED) is 0.383. The zero-order chi connectivity index (χ0) is 8.74. The van der Waals surface area contributed by atoms with Crippen LogP contribution < -0.4 is 0 Å². The second-order valence-corrected chi connectivity index (χ2v) is 3.31. The average molecular weight is 174 g/mol. The summed E-state index contributed by atoms with van der Waals surface area (Å²) in [5, 5.41) is 0. The third-order valence-electron chi connectivity index (χ3n) is 0.835. The molecule has 1 N–H and O–H groups in total. The molecule has 3 nitrogen and oxygen atoms in total. The first-order chi connectivity index (χ1) is 5.06. The first kappa shape index (κ1) is 10.2. The van der Waals surface area contributed by atoms with Crippen LogP contribution in [0.3, 0.4) is 0 Å². The maximum Gasteiger partial charge on any atom is 0.276 e. The van der Waals surface area contributed by atoms with Crippen molar-refractivity contribution in [2.45, 2.75) is 13.3 Å². The Hall–Kier alpha value is -0.790. The monoisotopic (exact) mass is 174 g/mol. The van der Waals surface area contributed by atoms with Gasteiger partial charge in [-0.3, -0.25) is 4.55 Å². The summed E-state index contributed by atoms with van der Waals surface area (Å²) in [6.07, 6.45) is 4.14. The molecule has 0 aliphatic rings. The molecule has 0 bridgehead atoms. The van der Waals surface area contributed by atoms with Crippen molar-refractivity contribution >= 4 is 10.1 Å². The molecule has 0 amide bonds. The van der Waals surface area contributed by atoms with Crippen molar-refractivity contribution in [3.05, 3.63) is 12.2 Å². The fraction of sp³-hybridized carbons (Fsp3) is 0.429. The van der Waals surface area contributed by atoms with Crippen molar-refractivity contribution in [2.75, 3.05) is 5.75 Å². The molecule has 0 unspecified atom stereocenters. The van der Waals surface area contributed by atoms with Crippen LogP contribution in [0.15, 0.2) is 12.2 Å². The van der Waals surface area contributed by atoms with Gasteiger partial charge in [-0.05, 0) is 6.92 Å². The average Bonchev–Trinajstić information content (AvgIpc) is 1.85. The van der Waals surface area contributed by atoms with E-state index in [0.29, 0.717) is 6.42 Å². The smallest absolute Gasteiger partial charge is 0.276 e. The van der Waals surface area contributed by atoms with Crippen LogP contribution in [0.1, 0.15) is 13.3 Å². The summed E-state index contributed by atoms with van der Waals surface area (Å²) in [6, 6.07) is 0. The number of hydrogen-bond acceptors (Lipinski definition) is 2. The van der Waals surface area contributed by atoms with E-state index in [1.807, 2.05) is 13.0 Å². The van der Waals surface area contributed by atoms with Gasteiger partial charge in [0.1, 0.15) is 5.75 Å². The molecule has 0 aromatic carbocycles. The van der Waals surface area contributed by atoms with Gasteiger partial charge in [0.25, 0.3) is 10.1 Å². The molecule has 0 atom stereocenters. The van der Waals surface area contributed by atoms with Crippen LogP contribution in [-0.2, 0) is 10.1 Å². The van der Waals surface area contributed by atoms with E-state index in [1.165, 1.54) is 0 Å². The second-order valence-electron chi connectivity index (χ2n) is 1.85. The largest absolute Gasteiger partial charge is 0.285 e. The van der Waals surface area contributed by atoms with Gasteiger partial charge in [0.05, 0.1) is 0 Å². The molecule has 0 spiro atoms. The van der Waals surface area contributed by atoms with E-state index in [0.717, 1.165) is 0 Å². The maximum atomic E-state index is 10.1. The molecule has 0 aliphatic carbocycles.